The van der Waals surface area contributed by atoms with Crippen molar-refractivity contribution >= 4 is 76.3 Å². The molecule has 4 heteroatoms. The normalized spacial score (nSPS) is 11.7. The summed E-state index contributed by atoms with van der Waals surface area (Å²) in [5, 5.41) is 3.51. The molecule has 12 aromatic rings. The zero-order valence-corrected chi connectivity index (χ0v) is 33.3. The molecule has 0 aliphatic rings. The number of para-hydroxylation sites is 3. The average Bonchev–Trinajstić information content (AvgIpc) is 3.99. The highest BCUT2D eigenvalue weighted by atomic mass is 32.1. The maximum atomic E-state index is 6.42. The summed E-state index contributed by atoms with van der Waals surface area (Å²) in [5.41, 5.74) is 17.1. The van der Waals surface area contributed by atoms with E-state index in [1.807, 2.05) is 23.5 Å². The first-order valence-electron chi connectivity index (χ1n) is 20.3. The second-order valence-electron chi connectivity index (χ2n) is 15.3. The van der Waals surface area contributed by atoms with Crippen LogP contribution in [-0.4, -0.2) is 4.40 Å². The van der Waals surface area contributed by atoms with Gasteiger partial charge >= 0.3 is 0 Å². The number of furan rings is 1. The van der Waals surface area contributed by atoms with Gasteiger partial charge in [-0.05, 0) is 88.0 Å². The fraction of sp³-hybridized carbons (Fsp3) is 0. The van der Waals surface area contributed by atoms with Crippen molar-refractivity contribution < 1.29 is 4.42 Å². The largest absolute Gasteiger partial charge is 0.456 e. The number of hydrogen-bond acceptors (Lipinski definition) is 3. The van der Waals surface area contributed by atoms with E-state index in [1.165, 1.54) is 70.5 Å². The van der Waals surface area contributed by atoms with Crippen LogP contribution in [0.3, 0.4) is 0 Å². The third-order valence-electron chi connectivity index (χ3n) is 11.8. The molecule has 0 radical (unpaired) electrons. The molecule has 282 valence electrons. The molecule has 0 saturated carbocycles. The second kappa shape index (κ2) is 14.0. The van der Waals surface area contributed by atoms with Crippen molar-refractivity contribution in [3.05, 3.63) is 218 Å². The van der Waals surface area contributed by atoms with Crippen molar-refractivity contribution in [2.24, 2.45) is 0 Å². The summed E-state index contributed by atoms with van der Waals surface area (Å²) in [7, 11) is 0. The van der Waals surface area contributed by atoms with E-state index in [9.17, 15) is 0 Å². The van der Waals surface area contributed by atoms with Crippen LogP contribution >= 0.6 is 11.3 Å². The van der Waals surface area contributed by atoms with Crippen LogP contribution in [0, 0.1) is 0 Å². The molecule has 3 nitrogen and oxygen atoms in total. The Morgan fingerprint density at radius 3 is 1.63 bits per heavy atom. The standard InChI is InChI=1S/C56H36N2OS/c1-3-14-37(15-4-1)44-18-7-8-19-45(44)38-26-30-41(31-27-38)57(43-34-35-48-47-20-10-12-24-51(47)59-52(48)36-43)42-32-28-39(29-33-42)46-22-13-25-53-55(46)58-50-23-11-9-21-49(50)54(56(58)60-53)40-16-5-2-6-17-40/h1-36H. The fourth-order valence-electron chi connectivity index (χ4n) is 9.08. The third kappa shape index (κ3) is 5.57. The van der Waals surface area contributed by atoms with Crippen molar-refractivity contribution in [3.8, 4) is 44.5 Å². The first-order valence-corrected chi connectivity index (χ1v) is 21.2. The first-order chi connectivity index (χ1) is 29.8. The molecule has 3 heterocycles. The monoisotopic (exact) mass is 784 g/mol. The van der Waals surface area contributed by atoms with Crippen LogP contribution in [0.25, 0.3) is 92.4 Å². The zero-order chi connectivity index (χ0) is 39.6. The molecule has 12 rings (SSSR count). The summed E-state index contributed by atoms with van der Waals surface area (Å²) in [6, 6.07) is 78.4. The minimum absolute atomic E-state index is 0.866. The van der Waals surface area contributed by atoms with Crippen molar-refractivity contribution in [2.75, 3.05) is 4.90 Å². The van der Waals surface area contributed by atoms with Crippen LogP contribution in [0.15, 0.2) is 223 Å². The van der Waals surface area contributed by atoms with Crippen LogP contribution in [-0.2, 0) is 0 Å². The van der Waals surface area contributed by atoms with E-state index in [0.717, 1.165) is 39.0 Å². The van der Waals surface area contributed by atoms with Gasteiger partial charge in [0.25, 0.3) is 0 Å². The summed E-state index contributed by atoms with van der Waals surface area (Å²) >= 11 is 1.87. The van der Waals surface area contributed by atoms with Crippen LogP contribution in [0.2, 0.25) is 0 Å². The van der Waals surface area contributed by atoms with Gasteiger partial charge in [-0.15, -0.1) is 11.3 Å². The maximum Gasteiger partial charge on any atom is 0.137 e. The molecule has 0 saturated heterocycles. The molecule has 0 bridgehead atoms. The molecular formula is C56H36N2OS. The highest BCUT2D eigenvalue weighted by Gasteiger charge is 2.21. The predicted molar refractivity (Wildman–Crippen MR) is 254 cm³/mol. The zero-order valence-electron chi connectivity index (χ0n) is 32.5. The lowest BCUT2D eigenvalue weighted by atomic mass is 9.94. The predicted octanol–water partition coefficient (Wildman–Crippen LogP) is 16.3. The molecule has 60 heavy (non-hydrogen) atoms. The van der Waals surface area contributed by atoms with Crippen LogP contribution in [0.1, 0.15) is 0 Å². The van der Waals surface area contributed by atoms with E-state index in [2.05, 4.69) is 216 Å². The average molecular weight is 785 g/mol. The smallest absolute Gasteiger partial charge is 0.137 e. The van der Waals surface area contributed by atoms with Crippen molar-refractivity contribution in [2.45, 2.75) is 0 Å². The molecule has 0 N–H and O–H groups in total. The SMILES string of the molecule is c1ccc(-c2ccccc2-c2ccc(N(c3ccc(-c4cccc5sc6c(-c7ccccc7)c7ccccc7n6c45)cc3)c3ccc4c(c3)oc3ccccc34)cc2)cc1. The maximum absolute atomic E-state index is 6.42. The Morgan fingerprint density at radius 2 is 0.917 bits per heavy atom. The number of aromatic nitrogens is 1. The lowest BCUT2D eigenvalue weighted by Gasteiger charge is -2.26. The van der Waals surface area contributed by atoms with Gasteiger partial charge in [0.05, 0.1) is 15.7 Å². The number of thiazole rings is 1. The molecular weight excluding hydrogens is 749 g/mol. The van der Waals surface area contributed by atoms with Crippen molar-refractivity contribution in [3.63, 3.8) is 0 Å². The van der Waals surface area contributed by atoms with Gasteiger partial charge in [-0.25, -0.2) is 0 Å². The Labute approximate surface area is 351 Å². The van der Waals surface area contributed by atoms with E-state index in [4.69, 9.17) is 4.42 Å². The number of benzene rings is 9. The molecule has 0 aliphatic carbocycles. The minimum atomic E-state index is 0.866. The Balaban J connectivity index is 0.990. The topological polar surface area (TPSA) is 20.8 Å². The third-order valence-corrected chi connectivity index (χ3v) is 13.0. The van der Waals surface area contributed by atoms with Gasteiger partial charge in [0.15, 0.2) is 0 Å². The van der Waals surface area contributed by atoms with Crippen LogP contribution in [0.5, 0.6) is 0 Å². The van der Waals surface area contributed by atoms with Crippen LogP contribution in [0.4, 0.5) is 17.1 Å². The molecule has 0 amide bonds. The van der Waals surface area contributed by atoms with E-state index in [0.29, 0.717) is 0 Å². The quantitative estimate of drug-likeness (QED) is 0.160. The van der Waals surface area contributed by atoms with Gasteiger partial charge in [0, 0.05) is 50.4 Å². The number of anilines is 3. The van der Waals surface area contributed by atoms with Gasteiger partial charge in [-0.3, -0.25) is 4.40 Å². The number of rotatable bonds is 7. The summed E-state index contributed by atoms with van der Waals surface area (Å²) in [4.78, 5) is 3.60. The molecule has 0 fully saturated rings. The molecule has 0 atom stereocenters. The summed E-state index contributed by atoms with van der Waals surface area (Å²) in [6.45, 7) is 0. The summed E-state index contributed by atoms with van der Waals surface area (Å²) < 4.78 is 10.2. The lowest BCUT2D eigenvalue weighted by molar-refractivity contribution is 0.669. The van der Waals surface area contributed by atoms with E-state index >= 15 is 0 Å². The van der Waals surface area contributed by atoms with E-state index in [-0.39, 0.29) is 0 Å². The van der Waals surface area contributed by atoms with Crippen LogP contribution < -0.4 is 4.90 Å². The van der Waals surface area contributed by atoms with Gasteiger partial charge in [0.1, 0.15) is 16.0 Å². The molecule has 0 spiro atoms. The molecule has 3 aromatic heterocycles. The van der Waals surface area contributed by atoms with Crippen molar-refractivity contribution in [1.29, 1.82) is 0 Å². The Bertz CT molecular complexity index is 3520. The first kappa shape index (κ1) is 34.4. The Morgan fingerprint density at radius 1 is 0.383 bits per heavy atom. The van der Waals surface area contributed by atoms with E-state index < -0.39 is 0 Å². The van der Waals surface area contributed by atoms with Crippen molar-refractivity contribution in [1.82, 2.24) is 4.40 Å². The molecule has 9 aromatic carbocycles. The number of nitrogens with zero attached hydrogens (tertiary/aromatic N) is 2. The summed E-state index contributed by atoms with van der Waals surface area (Å²) in [5.74, 6) is 0. The molecule has 0 aliphatic heterocycles. The minimum Gasteiger partial charge on any atom is -0.456 e. The number of hydrogen-bond donors (Lipinski definition) is 0. The second-order valence-corrected chi connectivity index (χ2v) is 16.3. The number of fused-ring (bicyclic) bond motifs is 8. The van der Waals surface area contributed by atoms with Gasteiger partial charge < -0.3 is 9.32 Å². The lowest BCUT2D eigenvalue weighted by Crippen LogP contribution is -2.09. The van der Waals surface area contributed by atoms with Gasteiger partial charge in [-0.2, -0.15) is 0 Å². The Kier molecular flexibility index (Phi) is 8.03. The Hall–Kier alpha value is -7.66. The summed E-state index contributed by atoms with van der Waals surface area (Å²) in [6.07, 6.45) is 0. The molecule has 0 unspecified atom stereocenters. The fourth-order valence-corrected chi connectivity index (χ4v) is 10.3. The highest BCUT2D eigenvalue weighted by molar-refractivity contribution is 7.24. The van der Waals surface area contributed by atoms with Gasteiger partial charge in [-0.1, -0.05) is 158 Å². The van der Waals surface area contributed by atoms with E-state index in [1.54, 1.807) is 0 Å². The highest BCUT2D eigenvalue weighted by Crippen LogP contribution is 2.46. The van der Waals surface area contributed by atoms with Gasteiger partial charge in [0.2, 0.25) is 0 Å².